The maximum Gasteiger partial charge on any atom is 0.182 e. The van der Waals surface area contributed by atoms with E-state index in [2.05, 4.69) is 28.7 Å². The van der Waals surface area contributed by atoms with Crippen molar-refractivity contribution in [2.45, 2.75) is 25.1 Å². The van der Waals surface area contributed by atoms with Crippen LogP contribution in [0.4, 0.5) is 4.39 Å². The number of benzene rings is 1. The van der Waals surface area contributed by atoms with E-state index in [0.717, 1.165) is 11.3 Å². The van der Waals surface area contributed by atoms with Gasteiger partial charge in [0.2, 0.25) is 0 Å². The predicted molar refractivity (Wildman–Crippen MR) is 101 cm³/mol. The molecule has 0 spiro atoms. The van der Waals surface area contributed by atoms with Gasteiger partial charge in [-0.05, 0) is 18.2 Å². The molecule has 0 saturated carbocycles. The lowest BCUT2D eigenvalue weighted by Crippen LogP contribution is -2.46. The zero-order chi connectivity index (χ0) is 18.4. The number of halogens is 1. The van der Waals surface area contributed by atoms with Gasteiger partial charge in [0.05, 0.1) is 11.4 Å². The van der Waals surface area contributed by atoms with Crippen LogP contribution in [0.5, 0.6) is 0 Å². The Kier molecular flexibility index (Phi) is 5.61. The normalized spacial score (nSPS) is 16.1. The Morgan fingerprint density at radius 2 is 1.96 bits per heavy atom. The van der Waals surface area contributed by atoms with Crippen molar-refractivity contribution in [3.8, 4) is 0 Å². The average molecular weight is 356 g/mol. The van der Waals surface area contributed by atoms with Gasteiger partial charge in [-0.15, -0.1) is 0 Å². The number of aromatic amines is 1. The van der Waals surface area contributed by atoms with Gasteiger partial charge in [-0.25, -0.2) is 4.39 Å². The van der Waals surface area contributed by atoms with E-state index < -0.39 is 5.67 Å². The first-order valence-corrected chi connectivity index (χ1v) is 8.78. The number of rotatable bonds is 8. The van der Waals surface area contributed by atoms with Crippen LogP contribution in [0.3, 0.4) is 0 Å². The monoisotopic (exact) mass is 356 g/mol. The van der Waals surface area contributed by atoms with Gasteiger partial charge in [0, 0.05) is 38.7 Å². The standard InChI is InChI=1S/C20H25FN4O/c1-16(19-8-11-23-24-19)22-15-20(21)9-12-25(13-10-20)17(2)26-14-18-6-4-3-5-7-18/h3-8,11,22H,1-2,9-10,12-15H2,(H,23,24). The Hall–Kier alpha value is -2.76. The number of alkyl halides is 1. The molecule has 5 nitrogen and oxygen atoms in total. The highest BCUT2D eigenvalue weighted by molar-refractivity contribution is 5.57. The molecular weight excluding hydrogens is 331 g/mol. The van der Waals surface area contributed by atoms with Crippen LogP contribution in [0.2, 0.25) is 0 Å². The van der Waals surface area contributed by atoms with Gasteiger partial charge in [-0.3, -0.25) is 5.10 Å². The number of likely N-dealkylation sites (tertiary alicyclic amines) is 1. The highest BCUT2D eigenvalue weighted by Gasteiger charge is 2.35. The minimum atomic E-state index is -1.26. The molecule has 6 heteroatoms. The first kappa shape index (κ1) is 18.0. The second kappa shape index (κ2) is 8.08. The molecule has 2 heterocycles. The van der Waals surface area contributed by atoms with Crippen LogP contribution in [-0.2, 0) is 11.3 Å². The number of hydrogen-bond donors (Lipinski definition) is 2. The van der Waals surface area contributed by atoms with Gasteiger partial charge in [0.15, 0.2) is 5.88 Å². The molecule has 2 aromatic rings. The van der Waals surface area contributed by atoms with E-state index in [4.69, 9.17) is 4.74 Å². The number of nitrogens with one attached hydrogen (secondary N) is 2. The molecule has 0 unspecified atom stereocenters. The van der Waals surface area contributed by atoms with Crippen LogP contribution in [0.15, 0.2) is 61.6 Å². The Morgan fingerprint density at radius 1 is 1.23 bits per heavy atom. The van der Waals surface area contributed by atoms with Crippen LogP contribution >= 0.6 is 0 Å². The topological polar surface area (TPSA) is 53.2 Å². The molecule has 0 aliphatic carbocycles. The van der Waals surface area contributed by atoms with Gasteiger partial charge in [-0.2, -0.15) is 5.10 Å². The molecule has 1 saturated heterocycles. The molecule has 138 valence electrons. The molecule has 0 atom stereocenters. The highest BCUT2D eigenvalue weighted by atomic mass is 19.1. The van der Waals surface area contributed by atoms with Crippen LogP contribution in [0.25, 0.3) is 5.70 Å². The third-order valence-electron chi connectivity index (χ3n) is 4.70. The summed E-state index contributed by atoms with van der Waals surface area (Å²) in [6, 6.07) is 11.7. The van der Waals surface area contributed by atoms with E-state index in [-0.39, 0.29) is 6.54 Å². The largest absolute Gasteiger partial charge is 0.475 e. The van der Waals surface area contributed by atoms with Gasteiger partial charge in [0.25, 0.3) is 0 Å². The first-order valence-electron chi connectivity index (χ1n) is 8.78. The van der Waals surface area contributed by atoms with E-state index in [1.165, 1.54) is 0 Å². The molecule has 1 aromatic heterocycles. The van der Waals surface area contributed by atoms with Crippen molar-refractivity contribution in [2.75, 3.05) is 19.6 Å². The SMILES string of the molecule is C=C(NCC1(F)CCN(C(=C)OCc2ccccc2)CC1)c1ccn[nH]1. The van der Waals surface area contributed by atoms with E-state index >= 15 is 4.39 Å². The Balaban J connectivity index is 1.42. The summed E-state index contributed by atoms with van der Waals surface area (Å²) in [6.07, 6.45) is 2.49. The summed E-state index contributed by atoms with van der Waals surface area (Å²) < 4.78 is 20.8. The van der Waals surface area contributed by atoms with Crippen molar-refractivity contribution < 1.29 is 9.13 Å². The fraction of sp³-hybridized carbons (Fsp3) is 0.350. The second-order valence-electron chi connectivity index (χ2n) is 6.61. The molecule has 0 radical (unpaired) electrons. The van der Waals surface area contributed by atoms with Crippen LogP contribution in [0.1, 0.15) is 24.1 Å². The summed E-state index contributed by atoms with van der Waals surface area (Å²) in [5.74, 6) is 0.603. The molecule has 1 fully saturated rings. The summed E-state index contributed by atoms with van der Waals surface area (Å²) in [7, 11) is 0. The number of nitrogens with zero attached hydrogens (tertiary/aromatic N) is 2. The van der Waals surface area contributed by atoms with Gasteiger partial charge >= 0.3 is 0 Å². The number of ether oxygens (including phenoxy) is 1. The van der Waals surface area contributed by atoms with Crippen molar-refractivity contribution in [3.63, 3.8) is 0 Å². The fourth-order valence-corrected chi connectivity index (χ4v) is 2.95. The number of H-pyrrole nitrogens is 1. The van der Waals surface area contributed by atoms with Crippen molar-refractivity contribution in [3.05, 3.63) is 72.9 Å². The molecule has 1 aliphatic heterocycles. The van der Waals surface area contributed by atoms with Crippen molar-refractivity contribution in [1.82, 2.24) is 20.4 Å². The van der Waals surface area contributed by atoms with E-state index in [0.29, 0.717) is 44.1 Å². The lowest BCUT2D eigenvalue weighted by atomic mass is 9.93. The van der Waals surface area contributed by atoms with Crippen molar-refractivity contribution in [2.24, 2.45) is 0 Å². The smallest absolute Gasteiger partial charge is 0.182 e. The Bertz CT molecular complexity index is 722. The van der Waals surface area contributed by atoms with Crippen LogP contribution in [0, 0.1) is 0 Å². The minimum absolute atomic E-state index is 0.232. The summed E-state index contributed by atoms with van der Waals surface area (Å²) in [5, 5.41) is 9.76. The lowest BCUT2D eigenvalue weighted by molar-refractivity contribution is 0.0317. The van der Waals surface area contributed by atoms with Crippen molar-refractivity contribution >= 4 is 5.70 Å². The van der Waals surface area contributed by atoms with E-state index in [9.17, 15) is 0 Å². The molecule has 1 aromatic carbocycles. The molecule has 0 bridgehead atoms. The molecule has 26 heavy (non-hydrogen) atoms. The van der Waals surface area contributed by atoms with Gasteiger partial charge in [-0.1, -0.05) is 36.9 Å². The average Bonchev–Trinajstić information content (AvgIpc) is 3.21. The van der Waals surface area contributed by atoms with Gasteiger partial charge in [0.1, 0.15) is 12.3 Å². The number of piperidine rings is 1. The Labute approximate surface area is 153 Å². The van der Waals surface area contributed by atoms with E-state index in [1.807, 2.05) is 35.2 Å². The summed E-state index contributed by atoms with van der Waals surface area (Å²) in [4.78, 5) is 2.00. The fourth-order valence-electron chi connectivity index (χ4n) is 2.95. The minimum Gasteiger partial charge on any atom is -0.475 e. The third kappa shape index (κ3) is 4.65. The van der Waals surface area contributed by atoms with Crippen LogP contribution in [-0.4, -0.2) is 40.4 Å². The van der Waals surface area contributed by atoms with Crippen LogP contribution < -0.4 is 5.32 Å². The number of aromatic nitrogens is 2. The summed E-state index contributed by atoms with van der Waals surface area (Å²) in [6.45, 7) is 9.78. The first-order chi connectivity index (χ1) is 12.6. The highest BCUT2D eigenvalue weighted by Crippen LogP contribution is 2.28. The Morgan fingerprint density at radius 3 is 2.62 bits per heavy atom. The maximum absolute atomic E-state index is 15.0. The molecule has 3 rings (SSSR count). The summed E-state index contributed by atoms with van der Waals surface area (Å²) in [5.41, 5.74) is 1.25. The predicted octanol–water partition coefficient (Wildman–Crippen LogP) is 3.46. The quantitative estimate of drug-likeness (QED) is 0.711. The zero-order valence-electron chi connectivity index (χ0n) is 14.9. The summed E-state index contributed by atoms with van der Waals surface area (Å²) >= 11 is 0. The number of hydrogen-bond acceptors (Lipinski definition) is 4. The molecule has 0 amide bonds. The second-order valence-corrected chi connectivity index (χ2v) is 6.61. The molecular formula is C20H25FN4O. The third-order valence-corrected chi connectivity index (χ3v) is 4.70. The zero-order valence-corrected chi connectivity index (χ0v) is 14.9. The van der Waals surface area contributed by atoms with Gasteiger partial charge < -0.3 is 15.0 Å². The lowest BCUT2D eigenvalue weighted by Gasteiger charge is -2.38. The van der Waals surface area contributed by atoms with E-state index in [1.54, 1.807) is 12.3 Å². The van der Waals surface area contributed by atoms with Crippen molar-refractivity contribution in [1.29, 1.82) is 0 Å². The molecule has 1 aliphatic rings. The maximum atomic E-state index is 15.0. The molecule has 2 N–H and O–H groups in total.